The first-order chi connectivity index (χ1) is 20.6. The molecule has 0 fully saturated rings. The molecular formula is C40H58O4. The average molecular weight is 603 g/mol. The highest BCUT2D eigenvalue weighted by molar-refractivity contribution is 5.33. The molecule has 4 atom stereocenters. The molecule has 4 nitrogen and oxygen atoms in total. The van der Waals surface area contributed by atoms with E-state index >= 15 is 0 Å². The van der Waals surface area contributed by atoms with Gasteiger partial charge < -0.3 is 20.4 Å². The van der Waals surface area contributed by atoms with E-state index in [9.17, 15) is 20.4 Å². The number of allylic oxidation sites excluding steroid dienone is 16. The van der Waals surface area contributed by atoms with Crippen molar-refractivity contribution < 1.29 is 20.4 Å². The molecule has 2 aliphatic carbocycles. The normalized spacial score (nSPS) is 26.5. The van der Waals surface area contributed by atoms with Crippen LogP contribution in [-0.4, -0.2) is 45.3 Å². The highest BCUT2D eigenvalue weighted by Gasteiger charge is 2.35. The Balaban J connectivity index is 1.93. The lowest BCUT2D eigenvalue weighted by molar-refractivity contribution is 0.105. The summed E-state index contributed by atoms with van der Waals surface area (Å²) in [5.74, 6) is 0.327. The Hall–Kier alpha value is -2.76. The molecule has 0 aromatic carbocycles. The van der Waals surface area contributed by atoms with Gasteiger partial charge in [-0.25, -0.2) is 0 Å². The van der Waals surface area contributed by atoms with E-state index in [1.165, 1.54) is 16.7 Å². The highest BCUT2D eigenvalue weighted by atomic mass is 16.3. The first-order valence-corrected chi connectivity index (χ1v) is 16.0. The summed E-state index contributed by atoms with van der Waals surface area (Å²) >= 11 is 0. The van der Waals surface area contributed by atoms with E-state index in [1.807, 2.05) is 50.3 Å². The van der Waals surface area contributed by atoms with E-state index < -0.39 is 6.10 Å². The molecule has 0 aromatic heterocycles. The second-order valence-electron chi connectivity index (χ2n) is 14.2. The maximum Gasteiger partial charge on any atom is 0.0812 e. The predicted molar refractivity (Wildman–Crippen MR) is 187 cm³/mol. The van der Waals surface area contributed by atoms with Crippen LogP contribution in [0.5, 0.6) is 0 Å². The zero-order chi connectivity index (χ0) is 33.1. The van der Waals surface area contributed by atoms with Crippen molar-refractivity contribution in [3.63, 3.8) is 0 Å². The molecule has 0 bridgehead atoms. The molecule has 0 aromatic rings. The van der Waals surface area contributed by atoms with Gasteiger partial charge in [0.15, 0.2) is 0 Å². The van der Waals surface area contributed by atoms with Crippen LogP contribution in [0.25, 0.3) is 0 Å². The fourth-order valence-corrected chi connectivity index (χ4v) is 6.55. The van der Waals surface area contributed by atoms with E-state index in [-0.39, 0.29) is 29.6 Å². The number of hydrogen-bond acceptors (Lipinski definition) is 4. The molecule has 0 saturated heterocycles. The molecule has 0 heterocycles. The van der Waals surface area contributed by atoms with Gasteiger partial charge in [0, 0.05) is 5.92 Å². The molecule has 0 radical (unpaired) electrons. The van der Waals surface area contributed by atoms with Crippen LogP contribution in [0.15, 0.2) is 118 Å². The summed E-state index contributed by atoms with van der Waals surface area (Å²) < 4.78 is 0. The Labute approximate surface area is 267 Å². The lowest BCUT2D eigenvalue weighted by Crippen LogP contribution is -2.32. The Morgan fingerprint density at radius 2 is 1.39 bits per heavy atom. The van der Waals surface area contributed by atoms with Crippen LogP contribution in [0.2, 0.25) is 0 Å². The van der Waals surface area contributed by atoms with Crippen molar-refractivity contribution in [2.24, 2.45) is 16.7 Å². The lowest BCUT2D eigenvalue weighted by Gasteiger charge is -2.38. The summed E-state index contributed by atoms with van der Waals surface area (Å²) in [5, 5.41) is 41.0. The lowest BCUT2D eigenvalue weighted by atomic mass is 9.67. The van der Waals surface area contributed by atoms with Crippen LogP contribution in [0.4, 0.5) is 0 Å². The van der Waals surface area contributed by atoms with Gasteiger partial charge in [-0.1, -0.05) is 140 Å². The summed E-state index contributed by atoms with van der Waals surface area (Å²) in [7, 11) is 0. The van der Waals surface area contributed by atoms with Crippen LogP contribution in [0.1, 0.15) is 88.0 Å². The molecule has 4 heteroatoms. The average Bonchev–Trinajstić information content (AvgIpc) is 2.89. The number of hydrogen-bond donors (Lipinski definition) is 4. The fourth-order valence-electron chi connectivity index (χ4n) is 6.55. The fraction of sp³-hybridized carbons (Fsp3) is 0.500. The summed E-state index contributed by atoms with van der Waals surface area (Å²) in [6.07, 6.45) is 27.6. The summed E-state index contributed by atoms with van der Waals surface area (Å²) in [6, 6.07) is 0. The SMILES string of the molecule is CC1=C[C@H](O)CC(C)(C)[C@H]1/C=C/C(C)=C/C=C/C(C)=C/C=C/C=C(C)/C=C/C=C(\CO)C(O)CC1=C(C)C[C@@H](O)CC1(C)C. The van der Waals surface area contributed by atoms with Gasteiger partial charge in [-0.15, -0.1) is 0 Å². The second kappa shape index (κ2) is 17.1. The zero-order valence-electron chi connectivity index (χ0n) is 28.6. The van der Waals surface area contributed by atoms with Gasteiger partial charge in [0.25, 0.3) is 0 Å². The van der Waals surface area contributed by atoms with E-state index in [0.717, 1.165) is 23.1 Å². The number of rotatable bonds is 12. The van der Waals surface area contributed by atoms with Crippen LogP contribution in [0.3, 0.4) is 0 Å². The van der Waals surface area contributed by atoms with Crippen LogP contribution in [0, 0.1) is 16.7 Å². The molecule has 1 unspecified atom stereocenters. The van der Waals surface area contributed by atoms with Gasteiger partial charge in [0.05, 0.1) is 24.9 Å². The molecule has 4 N–H and O–H groups in total. The zero-order valence-corrected chi connectivity index (χ0v) is 28.6. The Bertz CT molecular complexity index is 1290. The first-order valence-electron chi connectivity index (χ1n) is 16.0. The van der Waals surface area contributed by atoms with Gasteiger partial charge in [0.2, 0.25) is 0 Å². The van der Waals surface area contributed by atoms with Crippen LogP contribution in [-0.2, 0) is 0 Å². The third-order valence-electron chi connectivity index (χ3n) is 8.92. The molecule has 0 spiro atoms. The first kappa shape index (κ1) is 37.4. The van der Waals surface area contributed by atoms with Crippen molar-refractivity contribution in [1.82, 2.24) is 0 Å². The second-order valence-corrected chi connectivity index (χ2v) is 14.2. The third kappa shape index (κ3) is 12.0. The largest absolute Gasteiger partial charge is 0.393 e. The van der Waals surface area contributed by atoms with Crippen molar-refractivity contribution in [2.75, 3.05) is 6.61 Å². The Morgan fingerprint density at radius 1 is 0.841 bits per heavy atom. The van der Waals surface area contributed by atoms with Crippen LogP contribution >= 0.6 is 0 Å². The van der Waals surface area contributed by atoms with Gasteiger partial charge >= 0.3 is 0 Å². The Kier molecular flexibility index (Phi) is 14.5. The van der Waals surface area contributed by atoms with Crippen molar-refractivity contribution >= 4 is 0 Å². The maximum absolute atomic E-state index is 10.9. The summed E-state index contributed by atoms with van der Waals surface area (Å²) in [4.78, 5) is 0. The minimum absolute atomic E-state index is 0.0383. The van der Waals surface area contributed by atoms with E-state index in [1.54, 1.807) is 6.08 Å². The third-order valence-corrected chi connectivity index (χ3v) is 8.92. The molecule has 0 saturated carbocycles. The van der Waals surface area contributed by atoms with Crippen molar-refractivity contribution in [3.05, 3.63) is 118 Å². The number of aliphatic hydroxyl groups is 4. The monoisotopic (exact) mass is 602 g/mol. The minimum atomic E-state index is -0.760. The highest BCUT2D eigenvalue weighted by Crippen LogP contribution is 2.43. The quantitative estimate of drug-likeness (QED) is 0.133. The summed E-state index contributed by atoms with van der Waals surface area (Å²) in [6.45, 7) is 18.8. The Morgan fingerprint density at radius 3 is 1.93 bits per heavy atom. The minimum Gasteiger partial charge on any atom is -0.393 e. The van der Waals surface area contributed by atoms with Gasteiger partial charge in [-0.05, 0) is 76.7 Å². The topological polar surface area (TPSA) is 80.9 Å². The maximum atomic E-state index is 10.9. The number of aliphatic hydroxyl groups excluding tert-OH is 4. The van der Waals surface area contributed by atoms with Gasteiger partial charge in [-0.2, -0.15) is 0 Å². The van der Waals surface area contributed by atoms with Gasteiger partial charge in [-0.3, -0.25) is 0 Å². The van der Waals surface area contributed by atoms with Crippen molar-refractivity contribution in [2.45, 2.75) is 106 Å². The molecule has 0 aliphatic heterocycles. The molecule has 44 heavy (non-hydrogen) atoms. The van der Waals surface area contributed by atoms with Crippen molar-refractivity contribution in [3.8, 4) is 0 Å². The van der Waals surface area contributed by atoms with Crippen LogP contribution < -0.4 is 0 Å². The smallest absolute Gasteiger partial charge is 0.0812 e. The molecule has 2 aliphatic rings. The standard InChI is InChI=1S/C40H58O4/c1-28(16-12-17-30(3)20-21-36-31(4)22-34(42)25-39(36,6)7)14-10-11-15-29(2)18-13-19-33(27-41)38(44)24-37-32(5)23-35(43)26-40(37,8)9/h10-22,34-36,38,41-44H,23-27H2,1-9H3/b11-10+,16-12+,18-13+,21-20+,28-14+,29-15+,30-17+,33-19+/t34-,35+,36-,38?/m0/s1. The van der Waals surface area contributed by atoms with Gasteiger partial charge in [0.1, 0.15) is 0 Å². The van der Waals surface area contributed by atoms with E-state index in [2.05, 4.69) is 84.9 Å². The molecule has 0 amide bonds. The molecule has 242 valence electrons. The van der Waals surface area contributed by atoms with E-state index in [0.29, 0.717) is 30.8 Å². The predicted octanol–water partition coefficient (Wildman–Crippen LogP) is 8.57. The molecule has 2 rings (SSSR count). The molecular weight excluding hydrogens is 544 g/mol. The van der Waals surface area contributed by atoms with E-state index in [4.69, 9.17) is 0 Å². The van der Waals surface area contributed by atoms with Crippen molar-refractivity contribution in [1.29, 1.82) is 0 Å². The summed E-state index contributed by atoms with van der Waals surface area (Å²) in [5.41, 5.74) is 7.37.